The maximum Gasteiger partial charge on any atom is 0.307 e. The SMILES string of the molecule is COC(=O)CCOCCOCCOCCOCCOCCOCCOCCOCCOCCOCCOCCOCCN(C)c1cc(COc2cc3c(cc2C)C(=O)N2c4ccccc4C[C@H]2C=N3)cc(COc2cc3c(cc2OC)C(=O)N2c4ccccc4C[C@H]2C=N3)c1. The number of hydrogen-bond donors (Lipinski definition) is 0. The number of esters is 1. The summed E-state index contributed by atoms with van der Waals surface area (Å²) in [5, 5.41) is 0. The summed E-state index contributed by atoms with van der Waals surface area (Å²) in [6.07, 6.45) is 5.35. The number of hydrogen-bond acceptors (Lipinski definition) is 22. The number of aryl methyl sites for hydroxylation is 1. The minimum atomic E-state index is -0.295. The lowest BCUT2D eigenvalue weighted by Crippen LogP contribution is -2.37. The fourth-order valence-electron chi connectivity index (χ4n) is 11.0. The first kappa shape index (κ1) is 71.9. The molecule has 5 aromatic rings. The summed E-state index contributed by atoms with van der Waals surface area (Å²) in [6, 6.07) is 29.1. The number of rotatable bonds is 47. The van der Waals surface area contributed by atoms with E-state index >= 15 is 0 Å². The van der Waals surface area contributed by atoms with Gasteiger partial charge in [-0.05, 0) is 77.2 Å². The second-order valence-electron chi connectivity index (χ2n) is 22.5. The molecule has 24 heteroatoms. The predicted molar refractivity (Wildman–Crippen MR) is 357 cm³/mol. The molecule has 0 saturated heterocycles. The molecule has 0 spiro atoms. The van der Waals surface area contributed by atoms with Crippen LogP contribution < -0.4 is 28.9 Å². The van der Waals surface area contributed by atoms with E-state index in [4.69, 9.17) is 81.0 Å². The lowest BCUT2D eigenvalue weighted by atomic mass is 10.1. The number of fused-ring (bicyclic) bond motifs is 8. The molecule has 0 N–H and O–H groups in total. The van der Waals surface area contributed by atoms with Gasteiger partial charge in [0.1, 0.15) is 19.0 Å². The number of carbonyl (C=O) groups is 3. The van der Waals surface area contributed by atoms with E-state index in [1.54, 1.807) is 19.2 Å². The van der Waals surface area contributed by atoms with Gasteiger partial charge in [0, 0.05) is 68.1 Å². The van der Waals surface area contributed by atoms with Crippen molar-refractivity contribution >= 4 is 58.6 Å². The summed E-state index contributed by atoms with van der Waals surface area (Å²) in [7, 11) is 4.93. The highest BCUT2D eigenvalue weighted by atomic mass is 16.6. The Morgan fingerprint density at radius 2 is 0.842 bits per heavy atom. The molecule has 4 heterocycles. The topological polar surface area (TPSA) is 233 Å². The van der Waals surface area contributed by atoms with Crippen LogP contribution in [0.5, 0.6) is 17.2 Å². The molecule has 0 fully saturated rings. The molecule has 0 bridgehead atoms. The highest BCUT2D eigenvalue weighted by molar-refractivity contribution is 6.15. The van der Waals surface area contributed by atoms with Crippen molar-refractivity contribution in [1.29, 1.82) is 0 Å². The number of carbonyl (C=O) groups excluding carboxylic acids is 3. The Hall–Kier alpha value is -7.43. The van der Waals surface area contributed by atoms with Crippen LogP contribution in [0.1, 0.15) is 55.0 Å². The van der Waals surface area contributed by atoms with E-state index in [1.807, 2.05) is 90.8 Å². The predicted octanol–water partition coefficient (Wildman–Crippen LogP) is 7.93. The molecule has 2 amide bonds. The highest BCUT2D eigenvalue weighted by Crippen LogP contribution is 2.42. The molecule has 0 saturated carbocycles. The molecule has 4 aliphatic heterocycles. The largest absolute Gasteiger partial charge is 0.493 e. The first-order valence-corrected chi connectivity index (χ1v) is 32.6. The molecule has 0 aliphatic carbocycles. The maximum atomic E-state index is 14.1. The van der Waals surface area contributed by atoms with Gasteiger partial charge >= 0.3 is 5.97 Å². The Morgan fingerprint density at radius 3 is 1.26 bits per heavy atom. The van der Waals surface area contributed by atoms with Crippen molar-refractivity contribution in [3.63, 3.8) is 0 Å². The third kappa shape index (κ3) is 22.0. The normalized spacial score (nSPS) is 15.0. The van der Waals surface area contributed by atoms with Crippen LogP contribution in [0.25, 0.3) is 0 Å². The second-order valence-corrected chi connectivity index (χ2v) is 22.5. The van der Waals surface area contributed by atoms with E-state index in [1.165, 1.54) is 7.11 Å². The number of amides is 2. The Labute approximate surface area is 556 Å². The van der Waals surface area contributed by atoms with Gasteiger partial charge in [-0.25, -0.2) is 0 Å². The zero-order valence-electron chi connectivity index (χ0n) is 55.2. The molecular weight excluding hydrogens is 1230 g/mol. The van der Waals surface area contributed by atoms with E-state index in [0.717, 1.165) is 44.9 Å². The summed E-state index contributed by atoms with van der Waals surface area (Å²) in [6.45, 7) is 13.6. The van der Waals surface area contributed by atoms with E-state index in [-0.39, 0.29) is 49.5 Å². The first-order chi connectivity index (χ1) is 46.7. The van der Waals surface area contributed by atoms with Crippen molar-refractivity contribution in [2.24, 2.45) is 9.98 Å². The summed E-state index contributed by atoms with van der Waals surface area (Å²) in [5.74, 6) is 0.987. The average Bonchev–Trinajstić information content (AvgIpc) is 1.64. The van der Waals surface area contributed by atoms with Gasteiger partial charge in [-0.2, -0.15) is 0 Å². The van der Waals surface area contributed by atoms with Crippen molar-refractivity contribution in [2.45, 2.75) is 51.5 Å². The number of methoxy groups -OCH3 is 2. The van der Waals surface area contributed by atoms with Gasteiger partial charge in [-0.3, -0.25) is 34.2 Å². The number of aliphatic imine (C=N–C) groups is 2. The first-order valence-electron chi connectivity index (χ1n) is 32.6. The number of benzene rings is 5. The van der Waals surface area contributed by atoms with Gasteiger partial charge in [0.15, 0.2) is 11.5 Å². The lowest BCUT2D eigenvalue weighted by Gasteiger charge is -2.23. The zero-order valence-corrected chi connectivity index (χ0v) is 55.2. The monoisotopic (exact) mass is 1320 g/mol. The second kappa shape index (κ2) is 39.6. The van der Waals surface area contributed by atoms with Crippen molar-refractivity contribution in [2.75, 3.05) is 201 Å². The number of likely N-dealkylation sites (N-methyl/N-ethyl adjacent to an activating group) is 1. The summed E-state index contributed by atoms with van der Waals surface area (Å²) in [4.78, 5) is 54.6. The lowest BCUT2D eigenvalue weighted by molar-refractivity contribution is -0.142. The van der Waals surface area contributed by atoms with E-state index in [0.29, 0.717) is 218 Å². The van der Waals surface area contributed by atoms with Crippen LogP contribution in [0.15, 0.2) is 101 Å². The smallest absolute Gasteiger partial charge is 0.307 e. The van der Waals surface area contributed by atoms with Gasteiger partial charge in [0.05, 0.1) is 214 Å². The third-order valence-electron chi connectivity index (χ3n) is 15.9. The number of para-hydroxylation sites is 2. The van der Waals surface area contributed by atoms with Crippen molar-refractivity contribution < 1.29 is 90.2 Å². The van der Waals surface area contributed by atoms with Crippen molar-refractivity contribution in [3.05, 3.63) is 130 Å². The molecule has 9 rings (SSSR count). The number of ether oxygens (including phenoxy) is 16. The van der Waals surface area contributed by atoms with Crippen LogP contribution in [0.4, 0.5) is 28.4 Å². The fraction of sp³-hybridized carbons (Fsp3) is 0.507. The van der Waals surface area contributed by atoms with E-state index in [9.17, 15) is 14.4 Å². The van der Waals surface area contributed by atoms with Gasteiger partial charge in [0.25, 0.3) is 11.8 Å². The number of nitrogens with zero attached hydrogens (tertiary/aromatic N) is 5. The zero-order chi connectivity index (χ0) is 66.2. The van der Waals surface area contributed by atoms with Gasteiger partial charge in [-0.1, -0.05) is 36.4 Å². The summed E-state index contributed by atoms with van der Waals surface area (Å²) in [5.41, 5.74) is 9.63. The summed E-state index contributed by atoms with van der Waals surface area (Å²) < 4.78 is 90.4. The summed E-state index contributed by atoms with van der Waals surface area (Å²) >= 11 is 0. The van der Waals surface area contributed by atoms with Crippen LogP contribution in [0.2, 0.25) is 0 Å². The van der Waals surface area contributed by atoms with Crippen LogP contribution in [-0.2, 0) is 92.4 Å². The maximum absolute atomic E-state index is 14.1. The molecule has 0 radical (unpaired) electrons. The highest BCUT2D eigenvalue weighted by Gasteiger charge is 2.38. The Balaban J connectivity index is 0.621. The minimum absolute atomic E-state index is 0.0787. The molecule has 0 unspecified atom stereocenters. The van der Waals surface area contributed by atoms with Crippen LogP contribution in [0.3, 0.4) is 0 Å². The standard InChI is InChI=1S/C71H91N5O19/c1-52-39-60-62(72-48-58-43-55-9-5-7-11-64(55)75(58)70(60)78)46-66(52)94-50-53-40-54(51-95-68-47-63-61(45-67(68)80-3)71(79)76-59(49-73-63)44-56-10-6-8-12-65(56)76)42-57(41-53)74(2)14-16-83-18-20-85-22-24-87-26-28-89-30-32-91-34-36-93-38-37-92-35-33-90-31-29-88-27-25-86-23-21-84-19-17-82-15-13-69(77)81-4/h5-12,39-42,45-49,58-59H,13-38,43-44,50-51H2,1-4H3/t58-,59-/m0/s1. The van der Waals surface area contributed by atoms with Crippen LogP contribution >= 0.6 is 0 Å². The molecule has 2 atom stereocenters. The quantitative estimate of drug-likeness (QED) is 0.0266. The van der Waals surface area contributed by atoms with Gasteiger partial charge in [-0.15, -0.1) is 0 Å². The Kier molecular flexibility index (Phi) is 29.9. The molecule has 4 aliphatic rings. The number of anilines is 3. The van der Waals surface area contributed by atoms with Gasteiger partial charge in [0.2, 0.25) is 0 Å². The van der Waals surface area contributed by atoms with E-state index in [2.05, 4.69) is 33.9 Å². The third-order valence-corrected chi connectivity index (χ3v) is 15.9. The molecule has 95 heavy (non-hydrogen) atoms. The molecule has 514 valence electrons. The Bertz CT molecular complexity index is 3280. The van der Waals surface area contributed by atoms with Gasteiger partial charge < -0.3 is 80.7 Å². The molecule has 24 nitrogen and oxygen atoms in total. The van der Waals surface area contributed by atoms with E-state index < -0.39 is 0 Å². The molecule has 0 aromatic heterocycles. The Morgan fingerprint density at radius 1 is 0.463 bits per heavy atom. The fourth-order valence-corrected chi connectivity index (χ4v) is 11.0. The molecular formula is C71H91N5O19. The van der Waals surface area contributed by atoms with Crippen LogP contribution in [-0.4, -0.2) is 229 Å². The van der Waals surface area contributed by atoms with Crippen LogP contribution in [0, 0.1) is 6.92 Å². The van der Waals surface area contributed by atoms with Crippen molar-refractivity contribution in [1.82, 2.24) is 0 Å². The van der Waals surface area contributed by atoms with Crippen molar-refractivity contribution in [3.8, 4) is 17.2 Å². The molecule has 5 aromatic carbocycles. The minimum Gasteiger partial charge on any atom is -0.493 e. The average molecular weight is 1320 g/mol.